The lowest BCUT2D eigenvalue weighted by Gasteiger charge is -2.48. The number of hydrogen-bond acceptors (Lipinski definition) is 8. The zero-order valence-corrected chi connectivity index (χ0v) is 16.7. The monoisotopic (exact) mass is 438 g/mol. The smallest absolute Gasteiger partial charge is 0.352 e. The van der Waals surface area contributed by atoms with Gasteiger partial charge in [-0.1, -0.05) is 6.08 Å². The van der Waals surface area contributed by atoms with E-state index in [0.717, 1.165) is 11.3 Å². The molecule has 3 heterocycles. The Morgan fingerprint density at radius 3 is 2.76 bits per heavy atom. The minimum Gasteiger partial charge on any atom is -0.481 e. The average molecular weight is 438 g/mol. The Bertz CT molecular complexity index is 925. The average Bonchev–Trinajstić information content (AvgIpc) is 3.10. The number of β-lactam (4-membered cyclic amide) rings is 1. The van der Waals surface area contributed by atoms with Gasteiger partial charge in [-0.25, -0.2) is 9.78 Å². The first-order chi connectivity index (χ1) is 13.8. The van der Waals surface area contributed by atoms with Crippen molar-refractivity contribution in [2.75, 3.05) is 11.5 Å². The quantitative estimate of drug-likeness (QED) is 0.260. The predicted octanol–water partition coefficient (Wildman–Crippen LogP) is 0.732. The van der Waals surface area contributed by atoms with Gasteiger partial charge in [-0.05, 0) is 18.9 Å². The fraction of sp³-hybridized carbons (Fsp3) is 0.353. The molecule has 10 nitrogen and oxygen atoms in total. The minimum atomic E-state index is -1.19. The Hall–Kier alpha value is -2.86. The van der Waals surface area contributed by atoms with Crippen LogP contribution in [0.15, 0.2) is 23.2 Å². The summed E-state index contributed by atoms with van der Waals surface area (Å²) in [4.78, 5) is 52.5. The Labute approximate surface area is 173 Å². The number of anilines is 1. The van der Waals surface area contributed by atoms with Crippen molar-refractivity contribution in [2.45, 2.75) is 30.7 Å². The molecule has 2 amide bonds. The molecular weight excluding hydrogens is 420 g/mol. The number of carbonyl (C=O) groups excluding carboxylic acids is 2. The first-order valence-corrected chi connectivity index (χ1v) is 10.5. The molecule has 12 heteroatoms. The highest BCUT2D eigenvalue weighted by molar-refractivity contribution is 8.00. The van der Waals surface area contributed by atoms with Crippen LogP contribution in [-0.4, -0.2) is 61.0 Å². The van der Waals surface area contributed by atoms with E-state index in [4.69, 9.17) is 10.8 Å². The summed E-state index contributed by atoms with van der Waals surface area (Å²) in [6.45, 7) is 0. The Balaban J connectivity index is 1.73. The number of carboxylic acid groups (broad SMARTS) is 2. The van der Waals surface area contributed by atoms with Crippen LogP contribution in [0.4, 0.5) is 5.13 Å². The SMILES string of the molecule is Nc1nc(C(=CCCCC(=O)O)C(=O)N[C@@H]2C(=O)N3C(C(=O)O)=CCS[C@@H]23)cs1. The summed E-state index contributed by atoms with van der Waals surface area (Å²) < 4.78 is 0. The van der Waals surface area contributed by atoms with Gasteiger partial charge in [0, 0.05) is 17.6 Å². The number of hydrogen-bond donors (Lipinski definition) is 4. The summed E-state index contributed by atoms with van der Waals surface area (Å²) in [6.07, 6.45) is 3.67. The fourth-order valence-corrected chi connectivity index (χ4v) is 4.74. The number of nitrogens with one attached hydrogen (secondary N) is 1. The molecule has 3 rings (SSSR count). The van der Waals surface area contributed by atoms with Gasteiger partial charge in [-0.3, -0.25) is 19.3 Å². The number of allylic oxidation sites excluding steroid dienone is 1. The molecule has 1 aromatic rings. The van der Waals surface area contributed by atoms with Crippen molar-refractivity contribution in [1.82, 2.24) is 15.2 Å². The Morgan fingerprint density at radius 2 is 2.14 bits per heavy atom. The highest BCUT2D eigenvalue weighted by atomic mass is 32.2. The lowest BCUT2D eigenvalue weighted by molar-refractivity contribution is -0.150. The number of fused-ring (bicyclic) bond motifs is 1. The summed E-state index contributed by atoms with van der Waals surface area (Å²) >= 11 is 2.51. The maximum absolute atomic E-state index is 12.8. The van der Waals surface area contributed by atoms with E-state index in [-0.39, 0.29) is 22.8 Å². The summed E-state index contributed by atoms with van der Waals surface area (Å²) in [5.74, 6) is -2.74. The molecule has 2 atom stereocenters. The van der Waals surface area contributed by atoms with Crippen molar-refractivity contribution in [2.24, 2.45) is 0 Å². The zero-order chi connectivity index (χ0) is 21.1. The van der Waals surface area contributed by atoms with E-state index in [0.29, 0.717) is 24.3 Å². The number of nitrogens with two attached hydrogens (primary N) is 1. The minimum absolute atomic E-state index is 0.0380. The van der Waals surface area contributed by atoms with E-state index in [1.165, 1.54) is 22.7 Å². The van der Waals surface area contributed by atoms with Crippen molar-refractivity contribution in [3.63, 3.8) is 0 Å². The Morgan fingerprint density at radius 1 is 1.38 bits per heavy atom. The van der Waals surface area contributed by atoms with Gasteiger partial charge in [0.2, 0.25) is 0 Å². The predicted molar refractivity (Wildman–Crippen MR) is 107 cm³/mol. The molecule has 0 radical (unpaired) electrons. The van der Waals surface area contributed by atoms with E-state index >= 15 is 0 Å². The number of aliphatic carboxylic acids is 2. The van der Waals surface area contributed by atoms with E-state index < -0.39 is 35.2 Å². The second kappa shape index (κ2) is 8.66. The molecular formula is C17H18N4O6S2. The third-order valence-electron chi connectivity index (χ3n) is 4.34. The molecule has 0 aliphatic carbocycles. The first kappa shape index (κ1) is 20.9. The standard InChI is InChI=1S/C17H18N4O6S2/c18-17-19-9(7-29-17)8(3-1-2-4-11(22)23)13(24)20-12-14(25)21-10(16(26)27)5-6-28-15(12)21/h3,5,7,12,15H,1-2,4,6H2,(H2,18,19)(H,20,24)(H,22,23)(H,26,27)/t12-,15+/m1/s1. The number of nitrogen functional groups attached to an aromatic ring is 1. The fourth-order valence-electron chi connectivity index (χ4n) is 2.98. The Kier molecular flexibility index (Phi) is 6.23. The van der Waals surface area contributed by atoms with Crippen LogP contribution in [0.2, 0.25) is 0 Å². The number of amides is 2. The van der Waals surface area contributed by atoms with Crippen LogP contribution in [0.5, 0.6) is 0 Å². The van der Waals surface area contributed by atoms with Gasteiger partial charge in [0.15, 0.2) is 5.13 Å². The maximum Gasteiger partial charge on any atom is 0.352 e. The lowest BCUT2D eigenvalue weighted by Crippen LogP contribution is -2.70. The number of nitrogens with zero attached hydrogens (tertiary/aromatic N) is 2. The highest BCUT2D eigenvalue weighted by Crippen LogP contribution is 2.37. The normalized spacial score (nSPS) is 21.1. The topological polar surface area (TPSA) is 163 Å². The molecule has 0 unspecified atom stereocenters. The van der Waals surface area contributed by atoms with E-state index in [9.17, 15) is 24.3 Å². The molecule has 29 heavy (non-hydrogen) atoms. The molecule has 1 aromatic heterocycles. The summed E-state index contributed by atoms with van der Waals surface area (Å²) in [6, 6.07) is -0.853. The van der Waals surface area contributed by atoms with Crippen LogP contribution in [-0.2, 0) is 19.2 Å². The van der Waals surface area contributed by atoms with Crippen LogP contribution in [0.25, 0.3) is 5.57 Å². The van der Waals surface area contributed by atoms with Gasteiger partial charge in [0.25, 0.3) is 11.8 Å². The number of carbonyl (C=O) groups is 4. The van der Waals surface area contributed by atoms with Crippen molar-refractivity contribution in [3.8, 4) is 0 Å². The van der Waals surface area contributed by atoms with Crippen molar-refractivity contribution in [1.29, 1.82) is 0 Å². The summed E-state index contributed by atoms with van der Waals surface area (Å²) in [5, 5.41) is 22.0. The van der Waals surface area contributed by atoms with Gasteiger partial charge >= 0.3 is 11.9 Å². The van der Waals surface area contributed by atoms with E-state index in [1.807, 2.05) is 0 Å². The van der Waals surface area contributed by atoms with Gasteiger partial charge in [0.05, 0.1) is 11.3 Å². The molecule has 2 aliphatic rings. The number of thiazole rings is 1. The molecule has 1 fully saturated rings. The summed E-state index contributed by atoms with van der Waals surface area (Å²) in [5.41, 5.74) is 6.10. The summed E-state index contributed by atoms with van der Waals surface area (Å²) in [7, 11) is 0. The van der Waals surface area contributed by atoms with Crippen LogP contribution < -0.4 is 11.1 Å². The third kappa shape index (κ3) is 4.43. The van der Waals surface area contributed by atoms with Crippen molar-refractivity contribution < 1.29 is 29.4 Å². The van der Waals surface area contributed by atoms with E-state index in [1.54, 1.807) is 11.5 Å². The van der Waals surface area contributed by atoms with Gasteiger partial charge < -0.3 is 21.3 Å². The van der Waals surface area contributed by atoms with E-state index in [2.05, 4.69) is 10.3 Å². The number of rotatable bonds is 8. The van der Waals surface area contributed by atoms with Crippen LogP contribution in [0, 0.1) is 0 Å². The lowest BCUT2D eigenvalue weighted by atomic mass is 10.0. The molecule has 0 saturated carbocycles. The molecule has 0 spiro atoms. The third-order valence-corrected chi connectivity index (χ3v) is 6.20. The van der Waals surface area contributed by atoms with Gasteiger partial charge in [-0.15, -0.1) is 23.1 Å². The number of carboxylic acids is 2. The van der Waals surface area contributed by atoms with Crippen molar-refractivity contribution in [3.05, 3.63) is 28.9 Å². The molecule has 1 saturated heterocycles. The highest BCUT2D eigenvalue weighted by Gasteiger charge is 2.52. The molecule has 0 aromatic carbocycles. The van der Waals surface area contributed by atoms with Crippen LogP contribution in [0.1, 0.15) is 25.0 Å². The number of thioether (sulfide) groups is 1. The van der Waals surface area contributed by atoms with Crippen LogP contribution in [0.3, 0.4) is 0 Å². The molecule has 0 bridgehead atoms. The molecule has 2 aliphatic heterocycles. The second-order valence-corrected chi connectivity index (χ2v) is 8.29. The first-order valence-electron chi connectivity index (χ1n) is 8.62. The molecule has 5 N–H and O–H groups in total. The van der Waals surface area contributed by atoms with Crippen LogP contribution >= 0.6 is 23.1 Å². The maximum atomic E-state index is 12.8. The number of unbranched alkanes of at least 4 members (excludes halogenated alkanes) is 1. The zero-order valence-electron chi connectivity index (χ0n) is 15.0. The largest absolute Gasteiger partial charge is 0.481 e. The second-order valence-electron chi connectivity index (χ2n) is 6.25. The number of aromatic nitrogens is 1. The van der Waals surface area contributed by atoms with Gasteiger partial charge in [0.1, 0.15) is 17.1 Å². The van der Waals surface area contributed by atoms with Gasteiger partial charge in [-0.2, -0.15) is 0 Å². The van der Waals surface area contributed by atoms with Crippen molar-refractivity contribution >= 4 is 57.6 Å². The molecule has 154 valence electrons.